The summed E-state index contributed by atoms with van der Waals surface area (Å²) in [6.07, 6.45) is 5.71. The summed E-state index contributed by atoms with van der Waals surface area (Å²) in [6.45, 7) is 2.21. The van der Waals surface area contributed by atoms with Crippen LogP contribution in [0.3, 0.4) is 0 Å². The minimum Gasteiger partial charge on any atom is -0.246 e. The summed E-state index contributed by atoms with van der Waals surface area (Å²) in [5, 5.41) is 3.45. The van der Waals surface area contributed by atoms with E-state index in [0.29, 0.717) is 0 Å². The SMILES string of the molecule is CCCCc1nc(CCCCl)cs1. The van der Waals surface area contributed by atoms with Gasteiger partial charge in [-0.2, -0.15) is 0 Å². The molecule has 0 aliphatic rings. The highest BCUT2D eigenvalue weighted by Gasteiger charge is 2.00. The van der Waals surface area contributed by atoms with Crippen molar-refractivity contribution in [2.75, 3.05) is 5.88 Å². The van der Waals surface area contributed by atoms with Crippen LogP contribution in [0.5, 0.6) is 0 Å². The van der Waals surface area contributed by atoms with Gasteiger partial charge < -0.3 is 0 Å². The Kier molecular flexibility index (Phi) is 5.40. The van der Waals surface area contributed by atoms with E-state index in [1.807, 2.05) is 0 Å². The van der Waals surface area contributed by atoms with Crippen molar-refractivity contribution >= 4 is 22.9 Å². The summed E-state index contributed by atoms with van der Waals surface area (Å²) in [5.41, 5.74) is 1.22. The summed E-state index contributed by atoms with van der Waals surface area (Å²) in [6, 6.07) is 0. The number of hydrogen-bond acceptors (Lipinski definition) is 2. The average molecular weight is 218 g/mol. The molecule has 0 N–H and O–H groups in total. The first-order chi connectivity index (χ1) is 6.36. The Labute approximate surface area is 89.1 Å². The number of unbranched alkanes of at least 4 members (excludes halogenated alkanes) is 1. The molecule has 0 aromatic carbocycles. The van der Waals surface area contributed by atoms with E-state index in [0.717, 1.165) is 25.1 Å². The minimum absolute atomic E-state index is 0.738. The molecular formula is C10H16ClNS. The molecule has 0 aliphatic heterocycles. The van der Waals surface area contributed by atoms with Gasteiger partial charge in [-0.3, -0.25) is 0 Å². The van der Waals surface area contributed by atoms with Crippen LogP contribution in [0.2, 0.25) is 0 Å². The van der Waals surface area contributed by atoms with Gasteiger partial charge in [0.25, 0.3) is 0 Å². The van der Waals surface area contributed by atoms with Crippen molar-refractivity contribution in [1.82, 2.24) is 4.98 Å². The molecule has 0 amide bonds. The van der Waals surface area contributed by atoms with Crippen molar-refractivity contribution in [3.8, 4) is 0 Å². The van der Waals surface area contributed by atoms with Gasteiger partial charge in [-0.05, 0) is 25.7 Å². The van der Waals surface area contributed by atoms with Gasteiger partial charge in [-0.1, -0.05) is 13.3 Å². The zero-order valence-electron chi connectivity index (χ0n) is 8.05. The van der Waals surface area contributed by atoms with Crippen LogP contribution in [0.25, 0.3) is 0 Å². The Morgan fingerprint density at radius 1 is 1.38 bits per heavy atom. The second kappa shape index (κ2) is 6.39. The molecular weight excluding hydrogens is 202 g/mol. The van der Waals surface area contributed by atoms with Crippen LogP contribution in [-0.4, -0.2) is 10.9 Å². The molecule has 0 spiro atoms. The molecule has 0 radical (unpaired) electrons. The van der Waals surface area contributed by atoms with Crippen molar-refractivity contribution in [2.45, 2.75) is 39.0 Å². The van der Waals surface area contributed by atoms with Gasteiger partial charge in [-0.25, -0.2) is 4.98 Å². The second-order valence-corrected chi connectivity index (χ2v) is 4.45. The molecule has 13 heavy (non-hydrogen) atoms. The molecule has 3 heteroatoms. The van der Waals surface area contributed by atoms with E-state index in [1.165, 1.54) is 23.5 Å². The van der Waals surface area contributed by atoms with Crippen molar-refractivity contribution < 1.29 is 0 Å². The lowest BCUT2D eigenvalue weighted by atomic mass is 10.2. The largest absolute Gasteiger partial charge is 0.246 e. The standard InChI is InChI=1S/C10H16ClNS/c1-2-3-6-10-12-9(8-13-10)5-4-7-11/h8H,2-7H2,1H3. The van der Waals surface area contributed by atoms with Crippen molar-refractivity contribution in [2.24, 2.45) is 0 Å². The van der Waals surface area contributed by atoms with Gasteiger partial charge in [0.15, 0.2) is 0 Å². The van der Waals surface area contributed by atoms with E-state index in [9.17, 15) is 0 Å². The Bertz CT molecular complexity index is 212. The molecule has 0 bridgehead atoms. The van der Waals surface area contributed by atoms with Crippen LogP contribution in [-0.2, 0) is 12.8 Å². The third-order valence-corrected chi connectivity index (χ3v) is 3.13. The van der Waals surface area contributed by atoms with Crippen molar-refractivity contribution in [3.05, 3.63) is 16.1 Å². The van der Waals surface area contributed by atoms with E-state index in [4.69, 9.17) is 11.6 Å². The Balaban J connectivity index is 2.34. The van der Waals surface area contributed by atoms with Gasteiger partial charge in [0.1, 0.15) is 0 Å². The maximum Gasteiger partial charge on any atom is 0.0928 e. The highest BCUT2D eigenvalue weighted by Crippen LogP contribution is 2.13. The fraction of sp³-hybridized carbons (Fsp3) is 0.700. The first-order valence-electron chi connectivity index (χ1n) is 4.86. The van der Waals surface area contributed by atoms with Crippen molar-refractivity contribution in [1.29, 1.82) is 0 Å². The molecule has 0 saturated carbocycles. The lowest BCUT2D eigenvalue weighted by Gasteiger charge is -1.92. The predicted octanol–water partition coefficient (Wildman–Crippen LogP) is 3.66. The molecule has 1 nitrogen and oxygen atoms in total. The number of alkyl halides is 1. The third-order valence-electron chi connectivity index (χ3n) is 1.91. The monoisotopic (exact) mass is 217 g/mol. The van der Waals surface area contributed by atoms with Crippen molar-refractivity contribution in [3.63, 3.8) is 0 Å². The zero-order chi connectivity index (χ0) is 9.52. The zero-order valence-corrected chi connectivity index (χ0v) is 9.63. The normalized spacial score (nSPS) is 10.6. The smallest absolute Gasteiger partial charge is 0.0928 e. The maximum absolute atomic E-state index is 5.62. The van der Waals surface area contributed by atoms with E-state index in [2.05, 4.69) is 17.3 Å². The highest BCUT2D eigenvalue weighted by atomic mass is 35.5. The Morgan fingerprint density at radius 2 is 2.23 bits per heavy atom. The molecule has 1 aromatic rings. The first kappa shape index (κ1) is 11.0. The molecule has 1 aromatic heterocycles. The van der Waals surface area contributed by atoms with Gasteiger partial charge in [0.05, 0.1) is 10.7 Å². The molecule has 0 aliphatic carbocycles. The summed E-state index contributed by atoms with van der Waals surface area (Å²) in [4.78, 5) is 4.55. The van der Waals surface area contributed by atoms with Crippen LogP contribution >= 0.6 is 22.9 Å². The fourth-order valence-corrected chi connectivity index (χ4v) is 2.16. The molecule has 0 fully saturated rings. The first-order valence-corrected chi connectivity index (χ1v) is 6.27. The molecule has 0 saturated heterocycles. The predicted molar refractivity (Wildman–Crippen MR) is 59.8 cm³/mol. The molecule has 1 heterocycles. The van der Waals surface area contributed by atoms with Gasteiger partial charge in [0, 0.05) is 11.3 Å². The lowest BCUT2D eigenvalue weighted by molar-refractivity contribution is 0.782. The average Bonchev–Trinajstić information content (AvgIpc) is 2.59. The molecule has 0 unspecified atom stereocenters. The summed E-state index contributed by atoms with van der Waals surface area (Å²) in [7, 11) is 0. The van der Waals surface area contributed by atoms with Gasteiger partial charge >= 0.3 is 0 Å². The number of halogens is 1. The fourth-order valence-electron chi connectivity index (χ4n) is 1.15. The van der Waals surface area contributed by atoms with E-state index in [-0.39, 0.29) is 0 Å². The lowest BCUT2D eigenvalue weighted by Crippen LogP contribution is -1.88. The third kappa shape index (κ3) is 4.10. The van der Waals surface area contributed by atoms with Crippen LogP contribution in [0, 0.1) is 0 Å². The Morgan fingerprint density at radius 3 is 2.92 bits per heavy atom. The topological polar surface area (TPSA) is 12.9 Å². The number of hydrogen-bond donors (Lipinski definition) is 0. The maximum atomic E-state index is 5.62. The number of thiazole rings is 1. The number of aromatic nitrogens is 1. The van der Waals surface area contributed by atoms with Crippen LogP contribution in [0.1, 0.15) is 36.9 Å². The summed E-state index contributed by atoms with van der Waals surface area (Å²) >= 11 is 7.40. The molecule has 0 atom stereocenters. The Hall–Kier alpha value is -0.0800. The molecule has 74 valence electrons. The summed E-state index contributed by atoms with van der Waals surface area (Å²) < 4.78 is 0. The number of rotatable bonds is 6. The second-order valence-electron chi connectivity index (χ2n) is 3.13. The number of aryl methyl sites for hydroxylation is 2. The van der Waals surface area contributed by atoms with E-state index in [1.54, 1.807) is 11.3 Å². The van der Waals surface area contributed by atoms with Crippen LogP contribution < -0.4 is 0 Å². The van der Waals surface area contributed by atoms with E-state index < -0.39 is 0 Å². The highest BCUT2D eigenvalue weighted by molar-refractivity contribution is 7.09. The van der Waals surface area contributed by atoms with Gasteiger partial charge in [0.2, 0.25) is 0 Å². The van der Waals surface area contributed by atoms with Gasteiger partial charge in [-0.15, -0.1) is 22.9 Å². The van der Waals surface area contributed by atoms with Crippen LogP contribution in [0.15, 0.2) is 5.38 Å². The minimum atomic E-state index is 0.738. The van der Waals surface area contributed by atoms with Crippen LogP contribution in [0.4, 0.5) is 0 Å². The quantitative estimate of drug-likeness (QED) is 0.663. The summed E-state index contributed by atoms with van der Waals surface area (Å²) in [5.74, 6) is 0.738. The van der Waals surface area contributed by atoms with E-state index >= 15 is 0 Å². The molecule has 1 rings (SSSR count). The number of nitrogens with zero attached hydrogens (tertiary/aromatic N) is 1.